The third-order valence-electron chi connectivity index (χ3n) is 6.92. The van der Waals surface area contributed by atoms with E-state index in [1.807, 2.05) is 0 Å². The Bertz CT molecular complexity index is 872. The van der Waals surface area contributed by atoms with E-state index in [4.69, 9.17) is 4.98 Å². The van der Waals surface area contributed by atoms with E-state index in [9.17, 15) is 4.79 Å². The second kappa shape index (κ2) is 8.28. The van der Waals surface area contributed by atoms with E-state index in [2.05, 4.69) is 24.8 Å². The van der Waals surface area contributed by atoms with Crippen LogP contribution in [0.25, 0.3) is 11.2 Å². The molecule has 0 radical (unpaired) electrons. The van der Waals surface area contributed by atoms with Gasteiger partial charge in [0.25, 0.3) is 0 Å². The van der Waals surface area contributed by atoms with Gasteiger partial charge in [-0.15, -0.1) is 0 Å². The number of nitrogens with one attached hydrogen (secondary N) is 1. The molecule has 1 amide bonds. The molecular formula is C22H32N6O. The zero-order chi connectivity index (χ0) is 19.6. The number of rotatable bonds is 3. The van der Waals surface area contributed by atoms with Crippen molar-refractivity contribution in [1.82, 2.24) is 24.8 Å². The molecule has 29 heavy (non-hydrogen) atoms. The number of hydrogen-bond donors (Lipinski definition) is 1. The summed E-state index contributed by atoms with van der Waals surface area (Å²) in [5.41, 5.74) is 1.87. The SMILES string of the molecule is O=C(NC1CCCCC1)[C@@H]1CCCN(c2ncnc3c2nc2n3CCCCC2)C1. The van der Waals surface area contributed by atoms with Crippen molar-refractivity contribution in [2.45, 2.75) is 83.2 Å². The van der Waals surface area contributed by atoms with Gasteiger partial charge in [-0.2, -0.15) is 0 Å². The van der Waals surface area contributed by atoms with Crippen molar-refractivity contribution >= 4 is 22.9 Å². The molecule has 4 heterocycles. The number of hydrogen-bond acceptors (Lipinski definition) is 5. The Morgan fingerprint density at radius 3 is 2.72 bits per heavy atom. The summed E-state index contributed by atoms with van der Waals surface area (Å²) in [5, 5.41) is 3.33. The van der Waals surface area contributed by atoms with Gasteiger partial charge in [0, 0.05) is 32.1 Å². The van der Waals surface area contributed by atoms with E-state index in [0.29, 0.717) is 6.04 Å². The normalized spacial score (nSPS) is 23.6. The molecule has 0 unspecified atom stereocenters. The van der Waals surface area contributed by atoms with Gasteiger partial charge >= 0.3 is 0 Å². The molecule has 0 bridgehead atoms. The molecule has 2 aromatic rings. The Labute approximate surface area is 172 Å². The van der Waals surface area contributed by atoms with Gasteiger partial charge in [0.15, 0.2) is 17.0 Å². The van der Waals surface area contributed by atoms with Crippen molar-refractivity contribution in [3.05, 3.63) is 12.2 Å². The molecule has 5 rings (SSSR count). The highest BCUT2D eigenvalue weighted by Gasteiger charge is 2.30. The van der Waals surface area contributed by atoms with Crippen LogP contribution in [0.2, 0.25) is 0 Å². The van der Waals surface area contributed by atoms with E-state index in [-0.39, 0.29) is 11.8 Å². The van der Waals surface area contributed by atoms with Gasteiger partial charge in [-0.3, -0.25) is 4.79 Å². The summed E-state index contributed by atoms with van der Waals surface area (Å²) in [7, 11) is 0. The van der Waals surface area contributed by atoms with Crippen molar-refractivity contribution in [3.8, 4) is 0 Å². The second-order valence-electron chi connectivity index (χ2n) is 8.99. The van der Waals surface area contributed by atoms with Crippen LogP contribution in [-0.4, -0.2) is 44.6 Å². The smallest absolute Gasteiger partial charge is 0.225 e. The van der Waals surface area contributed by atoms with Crippen LogP contribution in [0.15, 0.2) is 6.33 Å². The molecule has 1 aliphatic carbocycles. The van der Waals surface area contributed by atoms with Crippen LogP contribution >= 0.6 is 0 Å². The van der Waals surface area contributed by atoms with Gasteiger partial charge < -0.3 is 14.8 Å². The summed E-state index contributed by atoms with van der Waals surface area (Å²) in [5.74, 6) is 2.32. The lowest BCUT2D eigenvalue weighted by atomic mass is 9.93. The first-order valence-electron chi connectivity index (χ1n) is 11.5. The average Bonchev–Trinajstić information content (AvgIpc) is 2.95. The maximum Gasteiger partial charge on any atom is 0.225 e. The first kappa shape index (κ1) is 18.8. The molecule has 1 atom stereocenters. The first-order chi connectivity index (χ1) is 14.3. The summed E-state index contributed by atoms with van der Waals surface area (Å²) in [6, 6.07) is 0.376. The Morgan fingerprint density at radius 1 is 0.966 bits per heavy atom. The summed E-state index contributed by atoms with van der Waals surface area (Å²) >= 11 is 0. The van der Waals surface area contributed by atoms with Crippen LogP contribution in [0, 0.1) is 5.92 Å². The van der Waals surface area contributed by atoms with Crippen molar-refractivity contribution in [2.24, 2.45) is 5.92 Å². The number of imidazole rings is 1. The summed E-state index contributed by atoms with van der Waals surface area (Å²) < 4.78 is 2.28. The van der Waals surface area contributed by atoms with Gasteiger partial charge in [0.1, 0.15) is 12.2 Å². The largest absolute Gasteiger partial charge is 0.354 e. The Balaban J connectivity index is 1.35. The fraction of sp³-hybridized carbons (Fsp3) is 0.727. The van der Waals surface area contributed by atoms with Gasteiger partial charge in [-0.1, -0.05) is 25.7 Å². The van der Waals surface area contributed by atoms with Gasteiger partial charge in [0.05, 0.1) is 5.92 Å². The van der Waals surface area contributed by atoms with E-state index >= 15 is 0 Å². The fourth-order valence-electron chi connectivity index (χ4n) is 5.31. The predicted octanol–water partition coefficient (Wildman–Crippen LogP) is 3.22. The van der Waals surface area contributed by atoms with Crippen LogP contribution in [0.5, 0.6) is 0 Å². The van der Waals surface area contributed by atoms with Crippen LogP contribution in [0.4, 0.5) is 5.82 Å². The number of nitrogens with zero attached hydrogens (tertiary/aromatic N) is 5. The minimum absolute atomic E-state index is 0.0381. The number of fused-ring (bicyclic) bond motifs is 3. The van der Waals surface area contributed by atoms with Gasteiger partial charge in [0.2, 0.25) is 5.91 Å². The molecule has 7 heteroatoms. The maximum atomic E-state index is 12.9. The lowest BCUT2D eigenvalue weighted by Crippen LogP contribution is -2.46. The number of piperidine rings is 1. The fourth-order valence-corrected chi connectivity index (χ4v) is 5.31. The third-order valence-corrected chi connectivity index (χ3v) is 6.92. The van der Waals surface area contributed by atoms with Crippen molar-refractivity contribution in [1.29, 1.82) is 0 Å². The molecule has 2 aromatic heterocycles. The molecule has 156 valence electrons. The number of amides is 1. The highest BCUT2D eigenvalue weighted by atomic mass is 16.2. The number of aromatic nitrogens is 4. The quantitative estimate of drug-likeness (QED) is 0.862. The van der Waals surface area contributed by atoms with Crippen molar-refractivity contribution < 1.29 is 4.79 Å². The first-order valence-corrected chi connectivity index (χ1v) is 11.5. The molecule has 1 N–H and O–H groups in total. The van der Waals surface area contributed by atoms with Gasteiger partial charge in [-0.25, -0.2) is 15.0 Å². The molecule has 0 aromatic carbocycles. The van der Waals surface area contributed by atoms with Crippen molar-refractivity contribution in [3.63, 3.8) is 0 Å². The van der Waals surface area contributed by atoms with Crippen LogP contribution < -0.4 is 10.2 Å². The molecule has 1 saturated heterocycles. The Hall–Kier alpha value is -2.18. The molecule has 0 spiro atoms. The van der Waals surface area contributed by atoms with E-state index in [1.54, 1.807) is 6.33 Å². The molecular weight excluding hydrogens is 364 g/mol. The zero-order valence-electron chi connectivity index (χ0n) is 17.3. The Kier molecular flexibility index (Phi) is 5.38. The Morgan fingerprint density at radius 2 is 1.83 bits per heavy atom. The number of carbonyl (C=O) groups is 1. The standard InChI is InChI=1S/C22H32N6O/c29-22(25-17-9-3-1-4-10-17)16-8-7-12-27(14-16)20-19-21(24-15-23-20)28-13-6-2-5-11-18(28)26-19/h15-17H,1-14H2,(H,25,29)/t16-/m1/s1. The maximum absolute atomic E-state index is 12.9. The highest BCUT2D eigenvalue weighted by molar-refractivity contribution is 5.85. The molecule has 1 saturated carbocycles. The van der Waals surface area contributed by atoms with Gasteiger partial charge in [-0.05, 0) is 38.5 Å². The van der Waals surface area contributed by atoms with E-state index in [1.165, 1.54) is 38.5 Å². The molecule has 3 aliphatic rings. The molecule has 2 aliphatic heterocycles. The van der Waals surface area contributed by atoms with Crippen molar-refractivity contribution in [2.75, 3.05) is 18.0 Å². The molecule has 2 fully saturated rings. The number of anilines is 1. The van der Waals surface area contributed by atoms with E-state index < -0.39 is 0 Å². The zero-order valence-corrected chi connectivity index (χ0v) is 17.3. The van der Waals surface area contributed by atoms with Crippen LogP contribution in [-0.2, 0) is 17.8 Å². The minimum Gasteiger partial charge on any atom is -0.354 e. The lowest BCUT2D eigenvalue weighted by molar-refractivity contribution is -0.126. The number of aryl methyl sites for hydroxylation is 2. The van der Waals surface area contributed by atoms with E-state index in [0.717, 1.165) is 74.5 Å². The minimum atomic E-state index is 0.0381. The predicted molar refractivity (Wildman–Crippen MR) is 113 cm³/mol. The third kappa shape index (κ3) is 3.83. The average molecular weight is 397 g/mol. The number of carbonyl (C=O) groups excluding carboxylic acids is 1. The highest BCUT2D eigenvalue weighted by Crippen LogP contribution is 2.29. The summed E-state index contributed by atoms with van der Waals surface area (Å²) in [6.45, 7) is 2.66. The van der Waals surface area contributed by atoms with Crippen LogP contribution in [0.3, 0.4) is 0 Å². The van der Waals surface area contributed by atoms with Crippen LogP contribution in [0.1, 0.15) is 70.0 Å². The topological polar surface area (TPSA) is 75.9 Å². The monoisotopic (exact) mass is 396 g/mol. The lowest BCUT2D eigenvalue weighted by Gasteiger charge is -2.34. The molecule has 7 nitrogen and oxygen atoms in total. The summed E-state index contributed by atoms with van der Waals surface area (Å²) in [6.07, 6.45) is 14.4. The summed E-state index contributed by atoms with van der Waals surface area (Å²) in [4.78, 5) is 29.3. The second-order valence-corrected chi connectivity index (χ2v) is 8.99.